The molecular weight excluding hydrogens is 371 g/mol. The van der Waals surface area contributed by atoms with Crippen molar-refractivity contribution in [3.05, 3.63) is 0 Å². The van der Waals surface area contributed by atoms with Gasteiger partial charge in [-0.25, -0.2) is 9.34 Å². The van der Waals surface area contributed by atoms with Gasteiger partial charge in [0.05, 0.1) is 18.6 Å². The van der Waals surface area contributed by atoms with Crippen LogP contribution in [-0.2, 0) is 14.1 Å². The van der Waals surface area contributed by atoms with Crippen LogP contribution in [0.4, 0.5) is 0 Å². The molecule has 1 atom stereocenters. The lowest BCUT2D eigenvalue weighted by atomic mass is 10.1. The summed E-state index contributed by atoms with van der Waals surface area (Å²) < 4.78 is 16.7. The number of nitrogens with zero attached hydrogens (tertiary/aromatic N) is 2. The lowest BCUT2D eigenvalue weighted by Crippen LogP contribution is -2.43. The van der Waals surface area contributed by atoms with Crippen molar-refractivity contribution in [2.75, 3.05) is 6.61 Å². The van der Waals surface area contributed by atoms with Crippen LogP contribution in [0.5, 0.6) is 0 Å². The summed E-state index contributed by atoms with van der Waals surface area (Å²) in [6, 6.07) is 1.57. The van der Waals surface area contributed by atoms with E-state index in [4.69, 9.17) is 9.26 Å². The van der Waals surface area contributed by atoms with Crippen LogP contribution >= 0.6 is 8.45 Å². The highest BCUT2D eigenvalue weighted by Crippen LogP contribution is 2.50. The molecular formula is C22H49N2O3P. The van der Waals surface area contributed by atoms with E-state index >= 15 is 0 Å². The number of carbonyl (C=O) groups excluding carboxylic acids is 1. The SMILES string of the molecule is CC.CC(C)OC(=O)C(C)CCOP(N(C(C)C)C(C)C)N(C(C)C)C(C)C. The van der Waals surface area contributed by atoms with E-state index in [1.54, 1.807) is 0 Å². The van der Waals surface area contributed by atoms with Crippen molar-refractivity contribution in [2.45, 2.75) is 127 Å². The number of ether oxygens (including phenoxy) is 1. The summed E-state index contributed by atoms with van der Waals surface area (Å²) in [6.07, 6.45) is 0.607. The Balaban J connectivity index is 0. The van der Waals surface area contributed by atoms with Crippen LogP contribution in [-0.4, -0.2) is 52.2 Å². The average Bonchev–Trinajstić information content (AvgIpc) is 2.54. The molecule has 0 bridgehead atoms. The lowest BCUT2D eigenvalue weighted by Gasteiger charge is -2.45. The Morgan fingerprint density at radius 1 is 0.750 bits per heavy atom. The monoisotopic (exact) mass is 420 g/mol. The Bertz CT molecular complexity index is 365. The number of esters is 1. The van der Waals surface area contributed by atoms with Gasteiger partial charge in [-0.1, -0.05) is 20.8 Å². The molecule has 0 aromatic rings. The molecule has 6 heteroatoms. The zero-order valence-electron chi connectivity index (χ0n) is 20.9. The van der Waals surface area contributed by atoms with Gasteiger partial charge in [-0.2, -0.15) is 0 Å². The van der Waals surface area contributed by atoms with Crippen LogP contribution in [0.3, 0.4) is 0 Å². The summed E-state index contributed by atoms with van der Waals surface area (Å²) in [5.41, 5.74) is 0. The van der Waals surface area contributed by atoms with E-state index < -0.39 is 8.45 Å². The molecule has 0 rings (SSSR count). The lowest BCUT2D eigenvalue weighted by molar-refractivity contribution is -0.152. The molecule has 0 saturated carbocycles. The first-order valence-electron chi connectivity index (χ1n) is 11.1. The quantitative estimate of drug-likeness (QED) is 0.267. The minimum Gasteiger partial charge on any atom is -0.463 e. The first-order valence-corrected chi connectivity index (χ1v) is 12.3. The van der Waals surface area contributed by atoms with Gasteiger partial charge in [-0.05, 0) is 75.7 Å². The number of hydrogen-bond acceptors (Lipinski definition) is 5. The smallest absolute Gasteiger partial charge is 0.308 e. The summed E-state index contributed by atoms with van der Waals surface area (Å²) in [4.78, 5) is 12.0. The predicted molar refractivity (Wildman–Crippen MR) is 123 cm³/mol. The molecule has 0 N–H and O–H groups in total. The number of rotatable bonds is 12. The van der Waals surface area contributed by atoms with E-state index in [2.05, 4.69) is 64.7 Å². The van der Waals surface area contributed by atoms with E-state index in [-0.39, 0.29) is 18.0 Å². The second kappa shape index (κ2) is 15.6. The van der Waals surface area contributed by atoms with Crippen molar-refractivity contribution in [3.8, 4) is 0 Å². The van der Waals surface area contributed by atoms with Crippen molar-refractivity contribution >= 4 is 14.4 Å². The van der Waals surface area contributed by atoms with E-state index in [0.29, 0.717) is 37.2 Å². The Hall–Kier alpha value is -0.220. The Kier molecular flexibility index (Phi) is 16.7. The van der Waals surface area contributed by atoms with Crippen LogP contribution in [0.2, 0.25) is 0 Å². The van der Waals surface area contributed by atoms with Gasteiger partial charge in [0.2, 0.25) is 0 Å². The fourth-order valence-electron chi connectivity index (χ4n) is 3.01. The van der Waals surface area contributed by atoms with Gasteiger partial charge in [0, 0.05) is 24.2 Å². The molecule has 0 amide bonds. The molecule has 0 saturated heterocycles. The van der Waals surface area contributed by atoms with Crippen molar-refractivity contribution in [2.24, 2.45) is 5.92 Å². The second-order valence-electron chi connectivity index (χ2n) is 8.40. The molecule has 0 aliphatic heterocycles. The minimum absolute atomic E-state index is 0.0715. The Morgan fingerprint density at radius 2 is 1.11 bits per heavy atom. The van der Waals surface area contributed by atoms with Crippen LogP contribution in [0, 0.1) is 5.92 Å². The van der Waals surface area contributed by atoms with Gasteiger partial charge >= 0.3 is 5.97 Å². The zero-order chi connectivity index (χ0) is 22.6. The maximum atomic E-state index is 12.0. The first-order chi connectivity index (χ1) is 12.9. The van der Waals surface area contributed by atoms with E-state index in [1.165, 1.54) is 0 Å². The summed E-state index contributed by atoms with van der Waals surface area (Å²) in [5.74, 6) is -0.283. The predicted octanol–water partition coefficient (Wildman–Crippen LogP) is 6.47. The number of hydrogen-bond donors (Lipinski definition) is 0. The largest absolute Gasteiger partial charge is 0.463 e. The third kappa shape index (κ3) is 11.1. The van der Waals surface area contributed by atoms with Crippen LogP contribution in [0.25, 0.3) is 0 Å². The Labute approximate surface area is 177 Å². The average molecular weight is 421 g/mol. The van der Waals surface area contributed by atoms with Gasteiger partial charge in [-0.15, -0.1) is 0 Å². The summed E-state index contributed by atoms with van der Waals surface area (Å²) in [5, 5.41) is 0. The van der Waals surface area contributed by atoms with E-state index in [9.17, 15) is 4.79 Å². The van der Waals surface area contributed by atoms with E-state index in [0.717, 1.165) is 0 Å². The molecule has 0 radical (unpaired) electrons. The van der Waals surface area contributed by atoms with Gasteiger partial charge < -0.3 is 9.26 Å². The summed E-state index contributed by atoms with van der Waals surface area (Å²) >= 11 is 0. The third-order valence-corrected chi connectivity index (χ3v) is 7.07. The Morgan fingerprint density at radius 3 is 1.39 bits per heavy atom. The highest BCUT2D eigenvalue weighted by molar-refractivity contribution is 7.47. The highest BCUT2D eigenvalue weighted by Gasteiger charge is 2.34. The van der Waals surface area contributed by atoms with Crippen molar-refractivity contribution in [3.63, 3.8) is 0 Å². The van der Waals surface area contributed by atoms with Gasteiger partial charge in [0.1, 0.15) is 0 Å². The maximum Gasteiger partial charge on any atom is 0.308 e. The highest BCUT2D eigenvalue weighted by atomic mass is 31.2. The maximum absolute atomic E-state index is 12.0. The van der Waals surface area contributed by atoms with Gasteiger partial charge in [0.25, 0.3) is 0 Å². The minimum atomic E-state index is -0.897. The molecule has 0 fully saturated rings. The molecule has 5 nitrogen and oxygen atoms in total. The van der Waals surface area contributed by atoms with Crippen molar-refractivity contribution in [1.82, 2.24) is 9.34 Å². The van der Waals surface area contributed by atoms with Crippen molar-refractivity contribution < 1.29 is 14.1 Å². The number of carbonyl (C=O) groups is 1. The van der Waals surface area contributed by atoms with Crippen molar-refractivity contribution in [1.29, 1.82) is 0 Å². The first kappa shape index (κ1) is 30.0. The molecule has 0 aromatic heterocycles. The summed E-state index contributed by atoms with van der Waals surface area (Å²) in [7, 11) is -0.897. The molecule has 170 valence electrons. The van der Waals surface area contributed by atoms with Crippen LogP contribution in [0.1, 0.15) is 96.4 Å². The van der Waals surface area contributed by atoms with Gasteiger partial charge in [0.15, 0.2) is 8.45 Å². The standard InChI is InChI=1S/C20H43N2O3P.C2H6/c1-14(2)21(15(3)4)26(22(16(5)6)17(7)8)24-13-12-19(11)20(23)25-18(9)10;1-2/h14-19H,12-13H2,1-11H3;1-2H3. The zero-order valence-corrected chi connectivity index (χ0v) is 21.8. The topological polar surface area (TPSA) is 42.0 Å². The second-order valence-corrected chi connectivity index (χ2v) is 10.1. The molecule has 1 unspecified atom stereocenters. The van der Waals surface area contributed by atoms with Gasteiger partial charge in [-0.3, -0.25) is 4.79 Å². The molecule has 0 aliphatic carbocycles. The molecule has 0 spiro atoms. The molecule has 0 heterocycles. The molecule has 28 heavy (non-hydrogen) atoms. The third-order valence-electron chi connectivity index (χ3n) is 4.02. The molecule has 0 aromatic carbocycles. The normalized spacial score (nSPS) is 13.3. The van der Waals surface area contributed by atoms with Crippen LogP contribution in [0.15, 0.2) is 0 Å². The fourth-order valence-corrected chi connectivity index (χ4v) is 5.37. The fraction of sp³-hybridized carbons (Fsp3) is 0.955. The van der Waals surface area contributed by atoms with E-state index in [1.807, 2.05) is 34.6 Å². The van der Waals surface area contributed by atoms with Crippen LogP contribution < -0.4 is 0 Å². The summed E-state index contributed by atoms with van der Waals surface area (Å²) in [6.45, 7) is 28.0. The molecule has 0 aliphatic rings.